The van der Waals surface area contributed by atoms with Crippen molar-refractivity contribution in [3.05, 3.63) is 0 Å². The second-order valence-corrected chi connectivity index (χ2v) is 18.3. The normalized spacial score (nSPS) is 34.6. The van der Waals surface area contributed by atoms with Gasteiger partial charge in [0.25, 0.3) is 5.91 Å². The third-order valence-corrected chi connectivity index (χ3v) is 14.2. The van der Waals surface area contributed by atoms with E-state index in [1.165, 1.54) is 4.90 Å². The number of nitrogens with zero attached hydrogens (tertiary/aromatic N) is 1. The Labute approximate surface area is 266 Å². The molecule has 252 valence electrons. The molecule has 5 aliphatic rings. The summed E-state index contributed by atoms with van der Waals surface area (Å²) >= 11 is 0. The number of amides is 5. The fraction of sp³-hybridized carbons (Fsp3) is 0.844. The molecule has 0 bridgehead atoms. The maximum atomic E-state index is 14.4. The third-order valence-electron chi connectivity index (χ3n) is 11.8. The van der Waals surface area contributed by atoms with E-state index in [4.69, 9.17) is 5.73 Å². The van der Waals surface area contributed by atoms with Crippen molar-refractivity contribution in [2.24, 2.45) is 34.3 Å². The smallest absolute Gasteiger partial charge is 0.315 e. The zero-order valence-electron chi connectivity index (χ0n) is 27.5. The Morgan fingerprint density at radius 2 is 1.64 bits per heavy atom. The van der Waals surface area contributed by atoms with Crippen molar-refractivity contribution in [3.8, 4) is 0 Å². The number of rotatable bonds is 9. The van der Waals surface area contributed by atoms with Gasteiger partial charge in [0.05, 0.1) is 16.5 Å². The Morgan fingerprint density at radius 3 is 2.16 bits per heavy atom. The van der Waals surface area contributed by atoms with Crippen molar-refractivity contribution in [2.45, 2.75) is 128 Å². The molecule has 5 rings (SSSR count). The van der Waals surface area contributed by atoms with Crippen molar-refractivity contribution in [1.29, 1.82) is 0 Å². The van der Waals surface area contributed by atoms with Gasteiger partial charge < -0.3 is 26.6 Å². The zero-order chi connectivity index (χ0) is 33.3. The number of nitrogens with one attached hydrogen (secondary N) is 3. The van der Waals surface area contributed by atoms with Crippen LogP contribution < -0.4 is 21.7 Å². The number of fused-ring (bicyclic) bond motifs is 1. The second kappa shape index (κ2) is 11.2. The van der Waals surface area contributed by atoms with Crippen molar-refractivity contribution < 1.29 is 32.4 Å². The molecule has 2 aliphatic heterocycles. The van der Waals surface area contributed by atoms with E-state index >= 15 is 0 Å². The number of carbonyl (C=O) groups is 5. The maximum Gasteiger partial charge on any atom is 0.315 e. The van der Waals surface area contributed by atoms with E-state index in [1.54, 1.807) is 0 Å². The number of Topliss-reactive ketones (excluding diaryl/α,β-unsaturated/α-hetero) is 1. The Hall–Kier alpha value is -2.70. The molecule has 2 saturated heterocycles. The molecular weight excluding hydrogens is 598 g/mol. The summed E-state index contributed by atoms with van der Waals surface area (Å²) < 4.78 is 26.0. The molecule has 3 aliphatic carbocycles. The number of piperidine rings is 1. The van der Waals surface area contributed by atoms with Crippen molar-refractivity contribution in [2.75, 3.05) is 12.3 Å². The summed E-state index contributed by atoms with van der Waals surface area (Å²) in [7, 11) is -3.35. The highest BCUT2D eigenvalue weighted by Gasteiger charge is 2.71. The van der Waals surface area contributed by atoms with Gasteiger partial charge in [-0.3, -0.25) is 19.2 Å². The van der Waals surface area contributed by atoms with Gasteiger partial charge >= 0.3 is 6.03 Å². The van der Waals surface area contributed by atoms with Gasteiger partial charge in [0.2, 0.25) is 17.6 Å². The minimum absolute atomic E-state index is 0.0636. The van der Waals surface area contributed by atoms with Crippen molar-refractivity contribution in [3.63, 3.8) is 0 Å². The average molecular weight is 650 g/mol. The second-order valence-electron chi connectivity index (χ2n) is 16.0. The predicted molar refractivity (Wildman–Crippen MR) is 167 cm³/mol. The molecule has 0 aromatic heterocycles. The van der Waals surface area contributed by atoms with E-state index in [1.807, 2.05) is 41.5 Å². The standard InChI is InChI=1S/C32H51N5O7S/c1-7-18-16-32(18,24(38)25(33)39)35-26(40)22-21-19(30(21,5)6)17-37(22)27(41)23(29(2,3)4)34-28(42)36-31(13-9-8-10-14-31)20-12-11-15-45(20,43)44/h18-23H,7-17H2,1-6H3,(H2,33,39)(H,35,40)(H2,34,36,42)/t18-,19+,20?,21+,22+,23-,32+/m1/s1. The molecule has 5 N–H and O–H groups in total. The highest BCUT2D eigenvalue weighted by atomic mass is 32.2. The molecule has 2 heterocycles. The van der Waals surface area contributed by atoms with Crippen LogP contribution in [-0.4, -0.2) is 83.6 Å². The van der Waals surface area contributed by atoms with Crippen molar-refractivity contribution >= 4 is 39.4 Å². The van der Waals surface area contributed by atoms with Gasteiger partial charge in [-0.05, 0) is 60.7 Å². The summed E-state index contributed by atoms with van der Waals surface area (Å²) in [6.07, 6.45) is 5.72. The largest absolute Gasteiger partial charge is 0.363 e. The summed E-state index contributed by atoms with van der Waals surface area (Å²) in [4.78, 5) is 68.2. The number of sulfone groups is 1. The first kappa shape index (κ1) is 33.7. The van der Waals surface area contributed by atoms with E-state index in [-0.39, 0.29) is 28.9 Å². The Balaban J connectivity index is 1.37. The number of nitrogens with two attached hydrogens (primary N) is 1. The van der Waals surface area contributed by atoms with Crippen LogP contribution in [0.4, 0.5) is 4.79 Å². The first-order chi connectivity index (χ1) is 20.8. The van der Waals surface area contributed by atoms with E-state index in [0.29, 0.717) is 45.1 Å². The number of carbonyl (C=O) groups excluding carboxylic acids is 5. The number of primary amides is 1. The molecule has 13 heteroatoms. The summed E-state index contributed by atoms with van der Waals surface area (Å²) in [6.45, 7) is 11.8. The van der Waals surface area contributed by atoms with Crippen LogP contribution in [0.3, 0.4) is 0 Å². The monoisotopic (exact) mass is 649 g/mol. The lowest BCUT2D eigenvalue weighted by Gasteiger charge is -2.43. The number of hydrogen-bond donors (Lipinski definition) is 4. The molecule has 0 spiro atoms. The molecular formula is C32H51N5O7S. The van der Waals surface area contributed by atoms with Crippen LogP contribution in [0.25, 0.3) is 0 Å². The first-order valence-electron chi connectivity index (χ1n) is 16.6. The van der Waals surface area contributed by atoms with Crippen LogP contribution in [0.1, 0.15) is 99.3 Å². The Kier molecular flexibility index (Phi) is 8.40. The summed E-state index contributed by atoms with van der Waals surface area (Å²) in [5, 5.41) is 8.15. The number of likely N-dealkylation sites (tertiary alicyclic amines) is 1. The van der Waals surface area contributed by atoms with E-state index in [2.05, 4.69) is 16.0 Å². The zero-order valence-corrected chi connectivity index (χ0v) is 28.3. The van der Waals surface area contributed by atoms with E-state index in [9.17, 15) is 32.4 Å². The van der Waals surface area contributed by atoms with E-state index < -0.39 is 73.2 Å². The number of ketones is 1. The molecule has 45 heavy (non-hydrogen) atoms. The van der Waals surface area contributed by atoms with Gasteiger partial charge in [0.1, 0.15) is 17.6 Å². The highest BCUT2D eigenvalue weighted by molar-refractivity contribution is 7.92. The first-order valence-corrected chi connectivity index (χ1v) is 18.3. The predicted octanol–water partition coefficient (Wildman–Crippen LogP) is 1.80. The maximum absolute atomic E-state index is 14.4. The molecule has 1 unspecified atom stereocenters. The lowest BCUT2D eigenvalue weighted by Crippen LogP contribution is -2.65. The van der Waals surface area contributed by atoms with Gasteiger partial charge in [0, 0.05) is 6.54 Å². The molecule has 3 saturated carbocycles. The minimum Gasteiger partial charge on any atom is -0.363 e. The Morgan fingerprint density at radius 1 is 1.00 bits per heavy atom. The van der Waals surface area contributed by atoms with Crippen LogP contribution in [-0.2, 0) is 29.0 Å². The van der Waals surface area contributed by atoms with Crippen LogP contribution >= 0.6 is 0 Å². The topological polar surface area (TPSA) is 185 Å². The molecule has 5 fully saturated rings. The number of hydrogen-bond acceptors (Lipinski definition) is 7. The van der Waals surface area contributed by atoms with Gasteiger partial charge in [-0.2, -0.15) is 0 Å². The Bertz CT molecular complexity index is 1380. The molecule has 0 aromatic carbocycles. The fourth-order valence-electron chi connectivity index (χ4n) is 8.97. The average Bonchev–Trinajstić information content (AvgIpc) is 3.59. The van der Waals surface area contributed by atoms with Gasteiger partial charge in [0.15, 0.2) is 9.84 Å². The minimum atomic E-state index is -3.35. The van der Waals surface area contributed by atoms with Crippen LogP contribution in [0.5, 0.6) is 0 Å². The molecule has 5 amide bonds. The summed E-state index contributed by atoms with van der Waals surface area (Å²) in [5.74, 6) is -2.99. The van der Waals surface area contributed by atoms with Gasteiger partial charge in [-0.15, -0.1) is 0 Å². The highest BCUT2D eigenvalue weighted by Crippen LogP contribution is 2.65. The third kappa shape index (κ3) is 5.75. The van der Waals surface area contributed by atoms with Crippen LogP contribution in [0.2, 0.25) is 0 Å². The fourth-order valence-corrected chi connectivity index (χ4v) is 11.3. The number of urea groups is 1. The lowest BCUT2D eigenvalue weighted by molar-refractivity contribution is -0.145. The van der Waals surface area contributed by atoms with Crippen LogP contribution in [0, 0.1) is 28.6 Å². The van der Waals surface area contributed by atoms with Gasteiger partial charge in [-0.25, -0.2) is 13.2 Å². The molecule has 12 nitrogen and oxygen atoms in total. The summed E-state index contributed by atoms with van der Waals surface area (Å²) in [5.41, 5.74) is 2.17. The molecule has 0 radical (unpaired) electrons. The SMILES string of the molecule is CC[C@@H]1C[C@@]1(NC(=O)[C@@H]1[C@@H]2[C@H](CN1C(=O)[C@@H](NC(=O)NC1(C3CCCS3(=O)=O)CCCCC1)C(C)(C)C)C2(C)C)C(=O)C(N)=O. The van der Waals surface area contributed by atoms with Gasteiger partial charge in [-0.1, -0.05) is 67.2 Å². The summed E-state index contributed by atoms with van der Waals surface area (Å²) in [6, 6.07) is -2.48. The molecule has 7 atom stereocenters. The van der Waals surface area contributed by atoms with Crippen molar-refractivity contribution in [1.82, 2.24) is 20.9 Å². The lowest BCUT2D eigenvalue weighted by atomic mass is 9.78. The van der Waals surface area contributed by atoms with E-state index in [0.717, 1.165) is 19.3 Å². The van der Waals surface area contributed by atoms with Crippen LogP contribution in [0.15, 0.2) is 0 Å². The quantitative estimate of drug-likeness (QED) is 0.274. The molecule has 0 aromatic rings.